The van der Waals surface area contributed by atoms with E-state index in [1.165, 1.54) is 18.2 Å². The van der Waals surface area contributed by atoms with Crippen LogP contribution in [-0.2, 0) is 28.4 Å². The Morgan fingerprint density at radius 1 is 1.15 bits per heavy atom. The van der Waals surface area contributed by atoms with E-state index in [1.54, 1.807) is 0 Å². The maximum Gasteiger partial charge on any atom is 0.154 e. The van der Waals surface area contributed by atoms with Gasteiger partial charge in [0.1, 0.15) is 17.4 Å². The van der Waals surface area contributed by atoms with Gasteiger partial charge in [0, 0.05) is 24.1 Å². The molecule has 112 valence electrons. The molecule has 0 radical (unpaired) electrons. The number of aromatic nitrogens is 2. The van der Waals surface area contributed by atoms with E-state index < -0.39 is 9.84 Å². The maximum atomic E-state index is 11.5. The molecule has 2 rings (SSSR count). The molecule has 0 spiro atoms. The Bertz CT molecular complexity index is 570. The van der Waals surface area contributed by atoms with E-state index in [4.69, 9.17) is 0 Å². The van der Waals surface area contributed by atoms with Gasteiger partial charge in [0.2, 0.25) is 0 Å². The average Bonchev–Trinajstić information content (AvgIpc) is 2.59. The van der Waals surface area contributed by atoms with Crippen molar-refractivity contribution in [3.63, 3.8) is 0 Å². The lowest BCUT2D eigenvalue weighted by molar-refractivity contribution is 0.599. The highest BCUT2D eigenvalue weighted by Crippen LogP contribution is 2.25. The predicted molar refractivity (Wildman–Crippen MR) is 80.6 cm³/mol. The van der Waals surface area contributed by atoms with Gasteiger partial charge in [0.25, 0.3) is 0 Å². The SMILES string of the molecule is CCCNc1nc(CS(C)(=O)=O)nc2c1CCCCC2. The van der Waals surface area contributed by atoms with Crippen LogP contribution in [0, 0.1) is 0 Å². The topological polar surface area (TPSA) is 72.0 Å². The number of sulfone groups is 1. The molecule has 20 heavy (non-hydrogen) atoms. The highest BCUT2D eigenvalue weighted by Gasteiger charge is 2.18. The molecule has 1 N–H and O–H groups in total. The summed E-state index contributed by atoms with van der Waals surface area (Å²) in [7, 11) is -3.10. The Balaban J connectivity index is 2.38. The minimum absolute atomic E-state index is 0.0823. The first-order valence-electron chi connectivity index (χ1n) is 7.30. The van der Waals surface area contributed by atoms with Crippen molar-refractivity contribution in [3.05, 3.63) is 17.1 Å². The van der Waals surface area contributed by atoms with Crippen molar-refractivity contribution < 1.29 is 8.42 Å². The predicted octanol–water partition coefficient (Wildman–Crippen LogP) is 2.11. The number of hydrogen-bond donors (Lipinski definition) is 1. The molecule has 0 bridgehead atoms. The van der Waals surface area contributed by atoms with Gasteiger partial charge in [0.05, 0.1) is 0 Å². The van der Waals surface area contributed by atoms with Gasteiger partial charge in [-0.2, -0.15) is 0 Å². The zero-order chi connectivity index (χ0) is 14.6. The molecule has 0 saturated carbocycles. The van der Waals surface area contributed by atoms with Crippen LogP contribution >= 0.6 is 0 Å². The lowest BCUT2D eigenvalue weighted by Gasteiger charge is -2.14. The van der Waals surface area contributed by atoms with Crippen molar-refractivity contribution in [3.8, 4) is 0 Å². The third-order valence-corrected chi connectivity index (χ3v) is 4.20. The van der Waals surface area contributed by atoms with Gasteiger partial charge in [-0.15, -0.1) is 0 Å². The minimum atomic E-state index is -3.10. The van der Waals surface area contributed by atoms with Crippen molar-refractivity contribution in [2.24, 2.45) is 0 Å². The average molecular weight is 297 g/mol. The number of fused-ring (bicyclic) bond motifs is 1. The van der Waals surface area contributed by atoms with Crippen molar-refractivity contribution in [2.75, 3.05) is 18.1 Å². The van der Waals surface area contributed by atoms with Crippen LogP contribution in [0.1, 0.15) is 49.7 Å². The summed E-state index contributed by atoms with van der Waals surface area (Å²) in [5.41, 5.74) is 2.22. The summed E-state index contributed by atoms with van der Waals surface area (Å²) in [4.78, 5) is 8.95. The van der Waals surface area contributed by atoms with Gasteiger partial charge in [-0.3, -0.25) is 0 Å². The molecule has 0 fully saturated rings. The second-order valence-corrected chi connectivity index (χ2v) is 7.61. The van der Waals surface area contributed by atoms with Crippen LogP contribution in [0.25, 0.3) is 0 Å². The van der Waals surface area contributed by atoms with Crippen molar-refractivity contribution in [2.45, 2.75) is 51.2 Å². The van der Waals surface area contributed by atoms with Gasteiger partial charge in [-0.25, -0.2) is 18.4 Å². The highest BCUT2D eigenvalue weighted by molar-refractivity contribution is 7.89. The van der Waals surface area contributed by atoms with Crippen LogP contribution in [0.3, 0.4) is 0 Å². The van der Waals surface area contributed by atoms with Gasteiger partial charge >= 0.3 is 0 Å². The Labute approximate surface area is 121 Å². The third kappa shape index (κ3) is 4.16. The van der Waals surface area contributed by atoms with E-state index >= 15 is 0 Å². The van der Waals surface area contributed by atoms with E-state index in [2.05, 4.69) is 22.2 Å². The second-order valence-electron chi connectivity index (χ2n) is 5.47. The first-order chi connectivity index (χ1) is 9.49. The molecule has 1 heterocycles. The van der Waals surface area contributed by atoms with E-state index in [0.29, 0.717) is 5.82 Å². The van der Waals surface area contributed by atoms with Crippen LogP contribution in [-0.4, -0.2) is 31.2 Å². The van der Waals surface area contributed by atoms with E-state index in [-0.39, 0.29) is 5.75 Å². The molecule has 0 amide bonds. The zero-order valence-electron chi connectivity index (χ0n) is 12.3. The largest absolute Gasteiger partial charge is 0.370 e. The molecule has 0 aromatic carbocycles. The summed E-state index contributed by atoms with van der Waals surface area (Å²) >= 11 is 0. The number of nitrogens with zero attached hydrogens (tertiary/aromatic N) is 2. The number of rotatable bonds is 5. The fourth-order valence-electron chi connectivity index (χ4n) is 2.51. The molecule has 0 unspecified atom stereocenters. The normalized spacial score (nSPS) is 15.5. The molecule has 1 aromatic rings. The van der Waals surface area contributed by atoms with Crippen molar-refractivity contribution >= 4 is 15.7 Å². The van der Waals surface area contributed by atoms with Crippen LogP contribution in [0.2, 0.25) is 0 Å². The molecular weight excluding hydrogens is 274 g/mol. The Morgan fingerprint density at radius 3 is 2.60 bits per heavy atom. The molecular formula is C14H23N3O2S. The summed E-state index contributed by atoms with van der Waals surface area (Å²) in [5, 5.41) is 3.33. The summed E-state index contributed by atoms with van der Waals surface area (Å²) in [6, 6.07) is 0. The van der Waals surface area contributed by atoms with Crippen LogP contribution < -0.4 is 5.32 Å². The standard InChI is InChI=1S/C14H23N3O2S/c1-3-9-15-14-11-7-5-4-6-8-12(11)16-13(17-14)10-20(2,18)19/h3-10H2,1-2H3,(H,15,16,17). The van der Waals surface area contributed by atoms with Crippen LogP contribution in [0.5, 0.6) is 0 Å². The number of anilines is 1. The van der Waals surface area contributed by atoms with E-state index in [0.717, 1.165) is 50.2 Å². The van der Waals surface area contributed by atoms with Crippen molar-refractivity contribution in [1.82, 2.24) is 9.97 Å². The first-order valence-corrected chi connectivity index (χ1v) is 9.36. The Morgan fingerprint density at radius 2 is 1.90 bits per heavy atom. The molecule has 0 atom stereocenters. The van der Waals surface area contributed by atoms with Gasteiger partial charge in [-0.05, 0) is 32.1 Å². The van der Waals surface area contributed by atoms with Gasteiger partial charge < -0.3 is 5.32 Å². The molecule has 6 heteroatoms. The summed E-state index contributed by atoms with van der Waals surface area (Å²) in [6.45, 7) is 2.95. The Hall–Kier alpha value is -1.17. The first kappa shape index (κ1) is 15.2. The maximum absolute atomic E-state index is 11.5. The summed E-state index contributed by atoms with van der Waals surface area (Å²) < 4.78 is 22.9. The monoisotopic (exact) mass is 297 g/mol. The smallest absolute Gasteiger partial charge is 0.154 e. The lowest BCUT2D eigenvalue weighted by atomic mass is 10.1. The fourth-order valence-corrected chi connectivity index (χ4v) is 3.11. The second kappa shape index (κ2) is 6.52. The summed E-state index contributed by atoms with van der Waals surface area (Å²) in [6.07, 6.45) is 7.63. The molecule has 1 aliphatic rings. The number of hydrogen-bond acceptors (Lipinski definition) is 5. The summed E-state index contributed by atoms with van der Waals surface area (Å²) in [5.74, 6) is 1.19. The van der Waals surface area contributed by atoms with Crippen LogP contribution in [0.4, 0.5) is 5.82 Å². The minimum Gasteiger partial charge on any atom is -0.370 e. The highest BCUT2D eigenvalue weighted by atomic mass is 32.2. The molecule has 5 nitrogen and oxygen atoms in total. The molecule has 0 aliphatic heterocycles. The quantitative estimate of drug-likeness (QED) is 0.843. The molecule has 1 aromatic heterocycles. The lowest BCUT2D eigenvalue weighted by Crippen LogP contribution is -2.14. The third-order valence-electron chi connectivity index (χ3n) is 3.41. The Kier molecular flexibility index (Phi) is 4.96. The number of nitrogens with one attached hydrogen (secondary N) is 1. The zero-order valence-corrected chi connectivity index (χ0v) is 13.1. The van der Waals surface area contributed by atoms with E-state index in [9.17, 15) is 8.42 Å². The van der Waals surface area contributed by atoms with Crippen LogP contribution in [0.15, 0.2) is 0 Å². The van der Waals surface area contributed by atoms with Crippen molar-refractivity contribution in [1.29, 1.82) is 0 Å². The van der Waals surface area contributed by atoms with E-state index in [1.807, 2.05) is 0 Å². The number of aryl methyl sites for hydroxylation is 1. The molecule has 0 saturated heterocycles. The van der Waals surface area contributed by atoms with Gasteiger partial charge in [-0.1, -0.05) is 13.3 Å². The van der Waals surface area contributed by atoms with Gasteiger partial charge in [0.15, 0.2) is 9.84 Å². The fraction of sp³-hybridized carbons (Fsp3) is 0.714. The molecule has 1 aliphatic carbocycles.